The highest BCUT2D eigenvalue weighted by Crippen LogP contribution is 2.29. The first kappa shape index (κ1) is 15.0. The van der Waals surface area contributed by atoms with E-state index in [-0.39, 0.29) is 5.91 Å². The van der Waals surface area contributed by atoms with Crippen molar-refractivity contribution in [2.75, 3.05) is 5.32 Å². The molecule has 0 aliphatic rings. The minimum atomic E-state index is -0.973. The maximum atomic E-state index is 12.1. The Hall–Kier alpha value is -1.05. The molecule has 1 aromatic rings. The highest BCUT2D eigenvalue weighted by molar-refractivity contribution is 9.10. The average molecular weight is 330 g/mol. The molecule has 3 nitrogen and oxygen atoms in total. The Kier molecular flexibility index (Phi) is 5.18. The second-order valence-corrected chi connectivity index (χ2v) is 5.25. The molecule has 0 heterocycles. The zero-order valence-corrected chi connectivity index (χ0v) is 12.6. The molecule has 1 N–H and O–H groups in total. The van der Waals surface area contributed by atoms with Crippen LogP contribution in [0.2, 0.25) is 5.02 Å². The van der Waals surface area contributed by atoms with Crippen LogP contribution in [0, 0.1) is 16.7 Å². The summed E-state index contributed by atoms with van der Waals surface area (Å²) in [7, 11) is 0. The summed E-state index contributed by atoms with van der Waals surface area (Å²) in [5.41, 5.74) is -0.380. The molecule has 0 unspecified atom stereocenters. The molecule has 96 valence electrons. The number of carbonyl (C=O) groups excluding carboxylic acids is 1. The van der Waals surface area contributed by atoms with Gasteiger partial charge < -0.3 is 5.32 Å². The molecule has 0 bridgehead atoms. The van der Waals surface area contributed by atoms with Crippen molar-refractivity contribution in [3.05, 3.63) is 27.7 Å². The van der Waals surface area contributed by atoms with E-state index in [0.29, 0.717) is 23.6 Å². The Labute approximate surface area is 120 Å². The van der Waals surface area contributed by atoms with Crippen LogP contribution in [0.25, 0.3) is 0 Å². The Morgan fingerprint density at radius 1 is 1.50 bits per heavy atom. The van der Waals surface area contributed by atoms with Gasteiger partial charge in [-0.25, -0.2) is 0 Å². The van der Waals surface area contributed by atoms with Crippen molar-refractivity contribution in [3.63, 3.8) is 0 Å². The van der Waals surface area contributed by atoms with Gasteiger partial charge in [0, 0.05) is 10.2 Å². The maximum Gasteiger partial charge on any atom is 0.244 e. The van der Waals surface area contributed by atoms with Crippen molar-refractivity contribution < 1.29 is 4.79 Å². The monoisotopic (exact) mass is 328 g/mol. The van der Waals surface area contributed by atoms with Gasteiger partial charge in [-0.3, -0.25) is 4.79 Å². The Bertz CT molecular complexity index is 492. The summed E-state index contributed by atoms with van der Waals surface area (Å²) in [6.45, 7) is 3.67. The molecule has 0 saturated carbocycles. The van der Waals surface area contributed by atoms with Crippen LogP contribution in [0.15, 0.2) is 22.7 Å². The summed E-state index contributed by atoms with van der Waals surface area (Å²) in [6.07, 6.45) is 0.964. The first-order chi connectivity index (χ1) is 8.49. The number of benzene rings is 1. The molecule has 0 atom stereocenters. The smallest absolute Gasteiger partial charge is 0.244 e. The quantitative estimate of drug-likeness (QED) is 0.891. The first-order valence-corrected chi connectivity index (χ1v) is 6.84. The van der Waals surface area contributed by atoms with Crippen molar-refractivity contribution in [2.24, 2.45) is 5.41 Å². The first-order valence-electron chi connectivity index (χ1n) is 5.67. The van der Waals surface area contributed by atoms with Gasteiger partial charge in [-0.05, 0) is 47.0 Å². The SMILES string of the molecule is CCC(C#N)(CC)C(=O)Nc1ccc(Br)c(Cl)c1. The fourth-order valence-electron chi connectivity index (χ4n) is 1.60. The number of nitrogens with zero attached hydrogens (tertiary/aromatic N) is 1. The maximum absolute atomic E-state index is 12.1. The molecule has 1 rings (SSSR count). The van der Waals surface area contributed by atoms with Crippen LogP contribution >= 0.6 is 27.5 Å². The lowest BCUT2D eigenvalue weighted by Gasteiger charge is -2.22. The van der Waals surface area contributed by atoms with Gasteiger partial charge in [0.2, 0.25) is 5.91 Å². The standard InChI is InChI=1S/C13H14BrClN2O/c1-3-13(4-2,8-16)12(18)17-9-5-6-10(14)11(15)7-9/h5-7H,3-4H2,1-2H3,(H,17,18). The van der Waals surface area contributed by atoms with Crippen LogP contribution in [0.1, 0.15) is 26.7 Å². The van der Waals surface area contributed by atoms with Crippen LogP contribution in [0.3, 0.4) is 0 Å². The van der Waals surface area contributed by atoms with E-state index >= 15 is 0 Å². The number of nitrogens with one attached hydrogen (secondary N) is 1. The van der Waals surface area contributed by atoms with E-state index < -0.39 is 5.41 Å². The van der Waals surface area contributed by atoms with Crippen molar-refractivity contribution in [1.82, 2.24) is 0 Å². The van der Waals surface area contributed by atoms with Crippen molar-refractivity contribution >= 4 is 39.1 Å². The molecule has 0 spiro atoms. The molecule has 0 fully saturated rings. The molecule has 0 aliphatic carbocycles. The van der Waals surface area contributed by atoms with E-state index in [1.165, 1.54) is 0 Å². The van der Waals surface area contributed by atoms with Gasteiger partial charge in [-0.2, -0.15) is 5.26 Å². The highest BCUT2D eigenvalue weighted by atomic mass is 79.9. The number of nitriles is 1. The fraction of sp³-hybridized carbons (Fsp3) is 0.385. The molecule has 18 heavy (non-hydrogen) atoms. The predicted molar refractivity (Wildman–Crippen MR) is 76.4 cm³/mol. The molecule has 1 aromatic carbocycles. The van der Waals surface area contributed by atoms with E-state index in [9.17, 15) is 10.1 Å². The second-order valence-electron chi connectivity index (χ2n) is 3.98. The predicted octanol–water partition coefficient (Wildman–Crippen LogP) is 4.37. The fourth-order valence-corrected chi connectivity index (χ4v) is 2.03. The highest BCUT2D eigenvalue weighted by Gasteiger charge is 2.34. The number of halogens is 2. The van der Waals surface area contributed by atoms with Crippen molar-refractivity contribution in [2.45, 2.75) is 26.7 Å². The third kappa shape index (κ3) is 3.04. The Balaban J connectivity index is 2.94. The molecule has 0 radical (unpaired) electrons. The molecule has 5 heteroatoms. The van der Waals surface area contributed by atoms with E-state index in [1.54, 1.807) is 18.2 Å². The number of carbonyl (C=O) groups is 1. The summed E-state index contributed by atoms with van der Waals surface area (Å²) in [5, 5.41) is 12.4. The van der Waals surface area contributed by atoms with Crippen LogP contribution in [0.4, 0.5) is 5.69 Å². The lowest BCUT2D eigenvalue weighted by atomic mass is 9.83. The summed E-state index contributed by atoms with van der Waals surface area (Å²) < 4.78 is 0.764. The number of amides is 1. The molecule has 1 amide bonds. The molecule has 0 aliphatic heterocycles. The van der Waals surface area contributed by atoms with Gasteiger partial charge in [0.25, 0.3) is 0 Å². The Morgan fingerprint density at radius 3 is 2.56 bits per heavy atom. The number of anilines is 1. The topological polar surface area (TPSA) is 52.9 Å². The van der Waals surface area contributed by atoms with Crippen molar-refractivity contribution in [1.29, 1.82) is 5.26 Å². The van der Waals surface area contributed by atoms with E-state index in [2.05, 4.69) is 27.3 Å². The van der Waals surface area contributed by atoms with Gasteiger partial charge in [-0.15, -0.1) is 0 Å². The van der Waals surface area contributed by atoms with Crippen molar-refractivity contribution in [3.8, 4) is 6.07 Å². The third-order valence-electron chi connectivity index (χ3n) is 3.03. The third-order valence-corrected chi connectivity index (χ3v) is 4.27. The van der Waals surface area contributed by atoms with Crippen LogP contribution in [-0.2, 0) is 4.79 Å². The minimum Gasteiger partial charge on any atom is -0.325 e. The lowest BCUT2D eigenvalue weighted by Crippen LogP contribution is -2.33. The van der Waals surface area contributed by atoms with Gasteiger partial charge >= 0.3 is 0 Å². The summed E-state index contributed by atoms with van der Waals surface area (Å²) in [6, 6.07) is 7.25. The van der Waals surface area contributed by atoms with Crippen LogP contribution < -0.4 is 5.32 Å². The summed E-state index contributed by atoms with van der Waals surface area (Å²) in [4.78, 5) is 12.1. The average Bonchev–Trinajstić information content (AvgIpc) is 2.37. The van der Waals surface area contributed by atoms with Crippen LogP contribution in [0.5, 0.6) is 0 Å². The number of hydrogen-bond donors (Lipinski definition) is 1. The van der Waals surface area contributed by atoms with Gasteiger partial charge in [0.15, 0.2) is 0 Å². The van der Waals surface area contributed by atoms with Gasteiger partial charge in [-0.1, -0.05) is 25.4 Å². The van der Waals surface area contributed by atoms with Gasteiger partial charge in [0.1, 0.15) is 5.41 Å². The second kappa shape index (κ2) is 6.21. The molecular weight excluding hydrogens is 316 g/mol. The number of rotatable bonds is 4. The Morgan fingerprint density at radius 2 is 2.11 bits per heavy atom. The zero-order valence-electron chi connectivity index (χ0n) is 10.3. The molecule has 0 saturated heterocycles. The number of hydrogen-bond acceptors (Lipinski definition) is 2. The molecule has 0 aromatic heterocycles. The van der Waals surface area contributed by atoms with Crippen LogP contribution in [-0.4, -0.2) is 5.91 Å². The molecular formula is C13H14BrClN2O. The van der Waals surface area contributed by atoms with E-state index in [0.717, 1.165) is 4.47 Å². The zero-order chi connectivity index (χ0) is 13.8. The van der Waals surface area contributed by atoms with E-state index in [1.807, 2.05) is 13.8 Å². The van der Waals surface area contributed by atoms with E-state index in [4.69, 9.17) is 11.6 Å². The summed E-state index contributed by atoms with van der Waals surface area (Å²) >= 11 is 9.23. The lowest BCUT2D eigenvalue weighted by molar-refractivity contribution is -0.123. The summed E-state index contributed by atoms with van der Waals surface area (Å²) in [5.74, 6) is -0.284. The van der Waals surface area contributed by atoms with Gasteiger partial charge in [0.05, 0.1) is 11.1 Å². The minimum absolute atomic E-state index is 0.284. The largest absolute Gasteiger partial charge is 0.325 e. The normalized spacial score (nSPS) is 10.8.